The zero-order valence-electron chi connectivity index (χ0n) is 13.2. The van der Waals surface area contributed by atoms with Crippen LogP contribution in [0.2, 0.25) is 0 Å². The molecule has 2 rings (SSSR count). The van der Waals surface area contributed by atoms with Crippen LogP contribution in [0.3, 0.4) is 0 Å². The second-order valence-corrected chi connectivity index (χ2v) is 6.21. The Labute approximate surface area is 127 Å². The average molecular weight is 287 g/mol. The predicted octanol–water partition coefficient (Wildman–Crippen LogP) is 2.19. The monoisotopic (exact) mass is 287 g/mol. The number of para-hydroxylation sites is 1. The van der Waals surface area contributed by atoms with Gasteiger partial charge in [0.15, 0.2) is 0 Å². The van der Waals surface area contributed by atoms with Crippen LogP contribution in [0, 0.1) is 17.2 Å². The smallest absolute Gasteiger partial charge is 0.122 e. The number of methoxy groups -OCH3 is 1. The van der Waals surface area contributed by atoms with E-state index < -0.39 is 5.54 Å². The molecule has 114 valence electrons. The highest BCUT2D eigenvalue weighted by atomic mass is 16.5. The molecule has 1 aliphatic rings. The van der Waals surface area contributed by atoms with Gasteiger partial charge in [-0.05, 0) is 50.8 Å². The molecule has 1 fully saturated rings. The number of rotatable bonds is 7. The van der Waals surface area contributed by atoms with Gasteiger partial charge in [-0.15, -0.1) is 0 Å². The summed E-state index contributed by atoms with van der Waals surface area (Å²) in [6.45, 7) is 2.78. The van der Waals surface area contributed by atoms with E-state index in [-0.39, 0.29) is 0 Å². The van der Waals surface area contributed by atoms with Crippen LogP contribution >= 0.6 is 0 Å². The number of hydrogen-bond acceptors (Lipinski definition) is 4. The molecule has 2 atom stereocenters. The molecule has 0 amide bonds. The summed E-state index contributed by atoms with van der Waals surface area (Å²) in [6.07, 6.45) is 3.05. The van der Waals surface area contributed by atoms with Gasteiger partial charge >= 0.3 is 0 Å². The van der Waals surface area contributed by atoms with E-state index in [9.17, 15) is 5.26 Å². The second kappa shape index (κ2) is 6.46. The summed E-state index contributed by atoms with van der Waals surface area (Å²) in [5.74, 6) is 1.28. The predicted molar refractivity (Wildman–Crippen MR) is 84.0 cm³/mol. The molecular formula is C17H25N3O. The van der Waals surface area contributed by atoms with Crippen LogP contribution in [0.1, 0.15) is 25.3 Å². The first kappa shape index (κ1) is 15.8. The maximum absolute atomic E-state index is 9.38. The standard InChI is InChI=1S/C17H25N3O/c1-13(10-14-6-4-5-7-16(14)21-3)20(2)12-17(19,11-18)15-8-9-15/h4-7,13,15H,8-10,12,19H2,1-3H3. The molecule has 0 bridgehead atoms. The molecule has 0 saturated heterocycles. The zero-order chi connectivity index (χ0) is 15.5. The van der Waals surface area contributed by atoms with Crippen molar-refractivity contribution in [3.63, 3.8) is 0 Å². The molecule has 0 aromatic heterocycles. The van der Waals surface area contributed by atoms with Crippen molar-refractivity contribution < 1.29 is 4.74 Å². The van der Waals surface area contributed by atoms with Gasteiger partial charge in [-0.1, -0.05) is 18.2 Å². The second-order valence-electron chi connectivity index (χ2n) is 6.21. The number of nitrogens with two attached hydrogens (primary N) is 1. The Morgan fingerprint density at radius 1 is 1.48 bits per heavy atom. The average Bonchev–Trinajstić information content (AvgIpc) is 3.32. The van der Waals surface area contributed by atoms with E-state index in [0.29, 0.717) is 18.5 Å². The van der Waals surface area contributed by atoms with Crippen LogP contribution in [0.25, 0.3) is 0 Å². The third-order valence-electron chi connectivity index (χ3n) is 4.49. The van der Waals surface area contributed by atoms with Gasteiger partial charge in [0.1, 0.15) is 11.3 Å². The highest BCUT2D eigenvalue weighted by Gasteiger charge is 2.43. The number of nitrogens with zero attached hydrogens (tertiary/aromatic N) is 2. The summed E-state index contributed by atoms with van der Waals surface area (Å²) in [4.78, 5) is 2.19. The molecule has 1 aromatic carbocycles. The summed E-state index contributed by atoms with van der Waals surface area (Å²) in [6, 6.07) is 10.7. The lowest BCUT2D eigenvalue weighted by Gasteiger charge is -2.32. The fraction of sp³-hybridized carbons (Fsp3) is 0.588. The van der Waals surface area contributed by atoms with Gasteiger partial charge in [0, 0.05) is 12.6 Å². The van der Waals surface area contributed by atoms with Crippen LogP contribution in [0.5, 0.6) is 5.75 Å². The van der Waals surface area contributed by atoms with Gasteiger partial charge in [-0.2, -0.15) is 5.26 Å². The lowest BCUT2D eigenvalue weighted by atomic mass is 9.94. The number of nitriles is 1. The molecule has 4 nitrogen and oxygen atoms in total. The van der Waals surface area contributed by atoms with Crippen molar-refractivity contribution in [1.29, 1.82) is 5.26 Å². The molecule has 1 aliphatic carbocycles. The van der Waals surface area contributed by atoms with Crippen molar-refractivity contribution in [2.45, 2.75) is 37.8 Å². The van der Waals surface area contributed by atoms with Gasteiger partial charge in [0.25, 0.3) is 0 Å². The normalized spacial score (nSPS) is 18.9. The Morgan fingerprint density at radius 3 is 2.71 bits per heavy atom. The van der Waals surface area contributed by atoms with E-state index in [2.05, 4.69) is 24.0 Å². The number of benzene rings is 1. The van der Waals surface area contributed by atoms with E-state index >= 15 is 0 Å². The highest BCUT2D eigenvalue weighted by molar-refractivity contribution is 5.33. The van der Waals surface area contributed by atoms with Gasteiger partial charge in [-0.25, -0.2) is 0 Å². The first-order valence-corrected chi connectivity index (χ1v) is 7.52. The summed E-state index contributed by atoms with van der Waals surface area (Å²) in [5.41, 5.74) is 6.74. The van der Waals surface area contributed by atoms with Crippen molar-refractivity contribution >= 4 is 0 Å². The quantitative estimate of drug-likeness (QED) is 0.835. The molecule has 1 aromatic rings. The molecule has 1 saturated carbocycles. The van der Waals surface area contributed by atoms with Gasteiger partial charge in [0.05, 0.1) is 13.2 Å². The largest absolute Gasteiger partial charge is 0.496 e. The first-order valence-electron chi connectivity index (χ1n) is 7.52. The van der Waals surface area contributed by atoms with Crippen molar-refractivity contribution in [3.8, 4) is 11.8 Å². The van der Waals surface area contributed by atoms with E-state index in [4.69, 9.17) is 10.5 Å². The van der Waals surface area contributed by atoms with Crippen LogP contribution in [-0.2, 0) is 6.42 Å². The zero-order valence-corrected chi connectivity index (χ0v) is 13.2. The highest BCUT2D eigenvalue weighted by Crippen LogP contribution is 2.38. The van der Waals surface area contributed by atoms with Crippen molar-refractivity contribution in [2.75, 3.05) is 20.7 Å². The van der Waals surface area contributed by atoms with Gasteiger partial charge < -0.3 is 15.4 Å². The fourth-order valence-corrected chi connectivity index (χ4v) is 2.77. The molecule has 0 radical (unpaired) electrons. The SMILES string of the molecule is COc1ccccc1CC(C)N(C)CC(N)(C#N)C1CC1. The van der Waals surface area contributed by atoms with Crippen LogP contribution in [-0.4, -0.2) is 37.2 Å². The molecule has 0 spiro atoms. The fourth-order valence-electron chi connectivity index (χ4n) is 2.77. The van der Waals surface area contributed by atoms with Crippen molar-refractivity contribution in [3.05, 3.63) is 29.8 Å². The van der Waals surface area contributed by atoms with Crippen LogP contribution in [0.15, 0.2) is 24.3 Å². The summed E-state index contributed by atoms with van der Waals surface area (Å²) >= 11 is 0. The van der Waals surface area contributed by atoms with E-state index in [1.807, 2.05) is 25.2 Å². The minimum atomic E-state index is -0.705. The van der Waals surface area contributed by atoms with E-state index in [0.717, 1.165) is 25.0 Å². The maximum Gasteiger partial charge on any atom is 0.122 e. The lowest BCUT2D eigenvalue weighted by Crippen LogP contribution is -2.52. The molecule has 4 heteroatoms. The van der Waals surface area contributed by atoms with Gasteiger partial charge in [-0.3, -0.25) is 0 Å². The number of hydrogen-bond donors (Lipinski definition) is 1. The van der Waals surface area contributed by atoms with Gasteiger partial charge in [0.2, 0.25) is 0 Å². The Hall–Kier alpha value is -1.57. The Balaban J connectivity index is 1.99. The minimum Gasteiger partial charge on any atom is -0.496 e. The third kappa shape index (κ3) is 3.75. The van der Waals surface area contributed by atoms with E-state index in [1.54, 1.807) is 7.11 Å². The van der Waals surface area contributed by atoms with Crippen molar-refractivity contribution in [1.82, 2.24) is 4.90 Å². The number of likely N-dealkylation sites (N-methyl/N-ethyl adjacent to an activating group) is 1. The molecule has 21 heavy (non-hydrogen) atoms. The maximum atomic E-state index is 9.38. The Bertz CT molecular complexity index is 521. The first-order chi connectivity index (χ1) is 10.00. The van der Waals surface area contributed by atoms with Crippen LogP contribution in [0.4, 0.5) is 0 Å². The molecular weight excluding hydrogens is 262 g/mol. The van der Waals surface area contributed by atoms with Crippen molar-refractivity contribution in [2.24, 2.45) is 11.7 Å². The summed E-state index contributed by atoms with van der Waals surface area (Å²) in [5, 5.41) is 9.38. The molecule has 2 unspecified atom stereocenters. The Kier molecular flexibility index (Phi) is 4.87. The molecule has 2 N–H and O–H groups in total. The Morgan fingerprint density at radius 2 is 2.14 bits per heavy atom. The summed E-state index contributed by atoms with van der Waals surface area (Å²) < 4.78 is 5.40. The summed E-state index contributed by atoms with van der Waals surface area (Å²) in [7, 11) is 3.74. The molecule has 0 heterocycles. The molecule has 0 aliphatic heterocycles. The minimum absolute atomic E-state index is 0.302. The topological polar surface area (TPSA) is 62.3 Å². The van der Waals surface area contributed by atoms with E-state index in [1.165, 1.54) is 5.56 Å². The third-order valence-corrected chi connectivity index (χ3v) is 4.49. The lowest BCUT2D eigenvalue weighted by molar-refractivity contribution is 0.207. The van der Waals surface area contributed by atoms with Crippen LogP contribution < -0.4 is 10.5 Å². The number of ether oxygens (including phenoxy) is 1.